The molecule has 3 rings (SSSR count). The summed E-state index contributed by atoms with van der Waals surface area (Å²) in [4.78, 5) is 15.1. The molecule has 6 nitrogen and oxygen atoms in total. The number of benzene rings is 2. The van der Waals surface area contributed by atoms with E-state index >= 15 is 0 Å². The lowest BCUT2D eigenvalue weighted by atomic mass is 10.1. The lowest BCUT2D eigenvalue weighted by Crippen LogP contribution is -2.29. The molecule has 25 heavy (non-hydrogen) atoms. The van der Waals surface area contributed by atoms with E-state index in [1.165, 1.54) is 12.1 Å². The Morgan fingerprint density at radius 2 is 1.92 bits per heavy atom. The van der Waals surface area contributed by atoms with Crippen molar-refractivity contribution in [2.45, 2.75) is 19.4 Å². The molecule has 0 unspecified atom stereocenters. The van der Waals surface area contributed by atoms with Crippen LogP contribution in [0.25, 0.3) is 11.0 Å². The number of non-ortho nitro benzene ring substituents is 1. The van der Waals surface area contributed by atoms with Crippen molar-refractivity contribution in [2.75, 3.05) is 0 Å². The van der Waals surface area contributed by atoms with Gasteiger partial charge in [-0.05, 0) is 38.1 Å². The number of hydrogen-bond acceptors (Lipinski definition) is 4. The van der Waals surface area contributed by atoms with Gasteiger partial charge in [0.15, 0.2) is 11.4 Å². The van der Waals surface area contributed by atoms with Gasteiger partial charge in [0.2, 0.25) is 0 Å². The van der Waals surface area contributed by atoms with Crippen molar-refractivity contribution in [3.63, 3.8) is 0 Å². The standard InChI is InChI=1S/C17H15Cl2N3O3/c1-17(2,25-15-7-4-10(18)8-12(15)19)16-20-13-9-11(22(23)24)5-6-14(13)21(16)3/h4-9H,1-3H3. The smallest absolute Gasteiger partial charge is 0.271 e. The Kier molecular flexibility index (Phi) is 4.34. The fourth-order valence-electron chi connectivity index (χ4n) is 2.72. The molecule has 0 bridgehead atoms. The van der Waals surface area contributed by atoms with Crippen molar-refractivity contribution in [1.29, 1.82) is 0 Å². The van der Waals surface area contributed by atoms with Crippen molar-refractivity contribution >= 4 is 39.9 Å². The summed E-state index contributed by atoms with van der Waals surface area (Å²) in [5, 5.41) is 11.9. The van der Waals surface area contributed by atoms with Crippen molar-refractivity contribution in [2.24, 2.45) is 7.05 Å². The fourth-order valence-corrected chi connectivity index (χ4v) is 3.17. The predicted octanol–water partition coefficient (Wildman–Crippen LogP) is 5.10. The average molecular weight is 380 g/mol. The minimum absolute atomic E-state index is 0.00313. The Morgan fingerprint density at radius 1 is 1.20 bits per heavy atom. The number of aryl methyl sites for hydroxylation is 1. The van der Waals surface area contributed by atoms with Crippen LogP contribution in [0.15, 0.2) is 36.4 Å². The molecule has 1 heterocycles. The lowest BCUT2D eigenvalue weighted by molar-refractivity contribution is -0.384. The second-order valence-corrected chi connectivity index (χ2v) is 6.96. The van der Waals surface area contributed by atoms with E-state index in [-0.39, 0.29) is 5.69 Å². The highest BCUT2D eigenvalue weighted by molar-refractivity contribution is 6.35. The molecule has 2 aromatic carbocycles. The summed E-state index contributed by atoms with van der Waals surface area (Å²) in [7, 11) is 1.84. The second kappa shape index (κ2) is 6.20. The van der Waals surface area contributed by atoms with Gasteiger partial charge in [-0.3, -0.25) is 10.1 Å². The molecule has 0 N–H and O–H groups in total. The Balaban J connectivity index is 2.04. The number of aromatic nitrogens is 2. The van der Waals surface area contributed by atoms with Crippen LogP contribution in [0.4, 0.5) is 5.69 Å². The molecule has 0 aliphatic rings. The van der Waals surface area contributed by atoms with E-state index in [4.69, 9.17) is 27.9 Å². The Labute approximate surface area is 154 Å². The molecule has 3 aromatic rings. The van der Waals surface area contributed by atoms with Gasteiger partial charge in [-0.2, -0.15) is 0 Å². The quantitative estimate of drug-likeness (QED) is 0.466. The van der Waals surface area contributed by atoms with Crippen LogP contribution in [0.2, 0.25) is 10.0 Å². The van der Waals surface area contributed by atoms with Gasteiger partial charge in [0.05, 0.1) is 21.0 Å². The molecule has 1 aromatic heterocycles. The molecular formula is C17H15Cl2N3O3. The maximum absolute atomic E-state index is 11.0. The number of nitro benzene ring substituents is 1. The molecule has 8 heteroatoms. The van der Waals surface area contributed by atoms with Crippen LogP contribution in [-0.2, 0) is 12.6 Å². The summed E-state index contributed by atoms with van der Waals surface area (Å²) in [5.74, 6) is 1.10. The molecule has 0 fully saturated rings. The predicted molar refractivity (Wildman–Crippen MR) is 97.5 cm³/mol. The maximum atomic E-state index is 11.0. The number of imidazole rings is 1. The third-order valence-electron chi connectivity index (χ3n) is 3.87. The third-order valence-corrected chi connectivity index (χ3v) is 4.40. The van der Waals surface area contributed by atoms with E-state index in [0.29, 0.717) is 27.1 Å². The third kappa shape index (κ3) is 3.27. The lowest BCUT2D eigenvalue weighted by Gasteiger charge is -2.26. The van der Waals surface area contributed by atoms with E-state index in [1.807, 2.05) is 25.5 Å². The van der Waals surface area contributed by atoms with Crippen LogP contribution in [0, 0.1) is 10.1 Å². The van der Waals surface area contributed by atoms with Gasteiger partial charge in [0.25, 0.3) is 5.69 Å². The van der Waals surface area contributed by atoms with Gasteiger partial charge in [-0.15, -0.1) is 0 Å². The second-order valence-electron chi connectivity index (χ2n) is 6.11. The van der Waals surface area contributed by atoms with Crippen molar-refractivity contribution in [3.8, 4) is 5.75 Å². The number of fused-ring (bicyclic) bond motifs is 1. The van der Waals surface area contributed by atoms with Crippen LogP contribution in [0.5, 0.6) is 5.75 Å². The summed E-state index contributed by atoms with van der Waals surface area (Å²) in [6, 6.07) is 9.57. The van der Waals surface area contributed by atoms with Gasteiger partial charge >= 0.3 is 0 Å². The first kappa shape index (κ1) is 17.5. The largest absolute Gasteiger partial charge is 0.478 e. The number of nitro groups is 1. The fraction of sp³-hybridized carbons (Fsp3) is 0.235. The monoisotopic (exact) mass is 379 g/mol. The van der Waals surface area contributed by atoms with E-state index in [2.05, 4.69) is 4.98 Å². The van der Waals surface area contributed by atoms with Gasteiger partial charge in [-0.1, -0.05) is 23.2 Å². The topological polar surface area (TPSA) is 70.2 Å². The molecule has 0 radical (unpaired) electrons. The molecule has 0 spiro atoms. The summed E-state index contributed by atoms with van der Waals surface area (Å²) in [5.41, 5.74) is 0.488. The highest BCUT2D eigenvalue weighted by Crippen LogP contribution is 2.35. The van der Waals surface area contributed by atoms with Crippen molar-refractivity contribution in [3.05, 3.63) is 62.4 Å². The van der Waals surface area contributed by atoms with Gasteiger partial charge < -0.3 is 9.30 Å². The van der Waals surface area contributed by atoms with Gasteiger partial charge in [0.1, 0.15) is 5.75 Å². The maximum Gasteiger partial charge on any atom is 0.271 e. The SMILES string of the molecule is Cn1c(C(C)(C)Oc2ccc(Cl)cc2Cl)nc2cc([N+](=O)[O-])ccc21. The zero-order valence-corrected chi connectivity index (χ0v) is 15.3. The number of halogens is 2. The van der Waals surface area contributed by atoms with Crippen LogP contribution in [0.1, 0.15) is 19.7 Å². The number of nitrogens with zero attached hydrogens (tertiary/aromatic N) is 3. The first-order valence-corrected chi connectivity index (χ1v) is 8.20. The summed E-state index contributed by atoms with van der Waals surface area (Å²) in [6.07, 6.45) is 0. The van der Waals surface area contributed by atoms with Gasteiger partial charge in [0, 0.05) is 24.2 Å². The van der Waals surface area contributed by atoms with Crippen molar-refractivity contribution < 1.29 is 9.66 Å². The zero-order chi connectivity index (χ0) is 18.4. The normalized spacial score (nSPS) is 11.7. The number of hydrogen-bond donors (Lipinski definition) is 0. The minimum atomic E-state index is -0.819. The van der Waals surface area contributed by atoms with Crippen LogP contribution < -0.4 is 4.74 Å². The zero-order valence-electron chi connectivity index (χ0n) is 13.8. The Hall–Kier alpha value is -2.31. The highest BCUT2D eigenvalue weighted by Gasteiger charge is 2.30. The van der Waals surface area contributed by atoms with Crippen molar-refractivity contribution in [1.82, 2.24) is 9.55 Å². The Morgan fingerprint density at radius 3 is 2.56 bits per heavy atom. The first-order valence-electron chi connectivity index (χ1n) is 7.44. The van der Waals surface area contributed by atoms with E-state index in [1.54, 1.807) is 24.3 Å². The average Bonchev–Trinajstić information content (AvgIpc) is 2.87. The summed E-state index contributed by atoms with van der Waals surface area (Å²) >= 11 is 12.1. The summed E-state index contributed by atoms with van der Waals surface area (Å²) < 4.78 is 7.90. The molecule has 0 aliphatic carbocycles. The molecule has 0 amide bonds. The molecule has 0 saturated heterocycles. The molecule has 130 valence electrons. The van der Waals surface area contributed by atoms with Crippen LogP contribution >= 0.6 is 23.2 Å². The van der Waals surface area contributed by atoms with Crippen LogP contribution in [-0.4, -0.2) is 14.5 Å². The van der Waals surface area contributed by atoms with Crippen LogP contribution in [0.3, 0.4) is 0 Å². The molecule has 0 atom stereocenters. The van der Waals surface area contributed by atoms with Gasteiger partial charge in [-0.25, -0.2) is 4.98 Å². The van der Waals surface area contributed by atoms with E-state index in [0.717, 1.165) is 5.52 Å². The summed E-state index contributed by atoms with van der Waals surface area (Å²) in [6.45, 7) is 3.71. The van der Waals surface area contributed by atoms with E-state index in [9.17, 15) is 10.1 Å². The Bertz CT molecular complexity index is 983. The minimum Gasteiger partial charge on any atom is -0.478 e. The number of rotatable bonds is 4. The van der Waals surface area contributed by atoms with E-state index < -0.39 is 10.5 Å². The highest BCUT2D eigenvalue weighted by atomic mass is 35.5. The molecule has 0 aliphatic heterocycles. The molecular weight excluding hydrogens is 365 g/mol. The number of ether oxygens (including phenoxy) is 1. The first-order chi connectivity index (χ1) is 11.7. The molecule has 0 saturated carbocycles.